The van der Waals surface area contributed by atoms with Gasteiger partial charge in [0.25, 0.3) is 0 Å². The summed E-state index contributed by atoms with van der Waals surface area (Å²) in [5.41, 5.74) is 2.17. The first-order valence-corrected chi connectivity index (χ1v) is 6.29. The van der Waals surface area contributed by atoms with Crippen LogP contribution in [0.4, 0.5) is 5.95 Å². The molecule has 3 rings (SSSR count). The molecule has 0 bridgehead atoms. The van der Waals surface area contributed by atoms with Gasteiger partial charge in [-0.3, -0.25) is 0 Å². The van der Waals surface area contributed by atoms with Gasteiger partial charge in [-0.05, 0) is 44.6 Å². The van der Waals surface area contributed by atoms with Gasteiger partial charge in [0.1, 0.15) is 0 Å². The topological polar surface area (TPSA) is 29.0 Å². The van der Waals surface area contributed by atoms with Gasteiger partial charge in [0, 0.05) is 24.5 Å². The van der Waals surface area contributed by atoms with Gasteiger partial charge < -0.3 is 4.90 Å². The average molecular weight is 217 g/mol. The lowest BCUT2D eigenvalue weighted by Gasteiger charge is -2.17. The zero-order chi connectivity index (χ0) is 11.1. The van der Waals surface area contributed by atoms with Crippen molar-refractivity contribution in [2.45, 2.75) is 33.1 Å². The molecule has 1 saturated heterocycles. The Balaban J connectivity index is 1.83. The number of rotatable bonds is 1. The SMILES string of the molecule is Cc1cc(C)nc(N2CC3CCCC3C2)n1. The normalized spacial score (nSPS) is 28.5. The van der Waals surface area contributed by atoms with Gasteiger partial charge in [-0.15, -0.1) is 0 Å². The van der Waals surface area contributed by atoms with E-state index in [-0.39, 0.29) is 0 Å². The maximum atomic E-state index is 4.56. The van der Waals surface area contributed by atoms with E-state index in [0.717, 1.165) is 29.2 Å². The summed E-state index contributed by atoms with van der Waals surface area (Å²) in [6, 6.07) is 2.04. The van der Waals surface area contributed by atoms with E-state index in [1.54, 1.807) is 0 Å². The van der Waals surface area contributed by atoms with E-state index < -0.39 is 0 Å². The minimum absolute atomic E-state index is 0.907. The summed E-state index contributed by atoms with van der Waals surface area (Å²) in [7, 11) is 0. The molecule has 0 aromatic carbocycles. The number of anilines is 1. The van der Waals surface area contributed by atoms with Crippen LogP contribution in [0.3, 0.4) is 0 Å². The lowest BCUT2D eigenvalue weighted by molar-refractivity contribution is 0.494. The van der Waals surface area contributed by atoms with Gasteiger partial charge >= 0.3 is 0 Å². The van der Waals surface area contributed by atoms with Crippen LogP contribution in [0, 0.1) is 25.7 Å². The summed E-state index contributed by atoms with van der Waals surface area (Å²) >= 11 is 0. The van der Waals surface area contributed by atoms with Gasteiger partial charge in [0.2, 0.25) is 5.95 Å². The molecule has 1 aliphatic heterocycles. The molecular weight excluding hydrogens is 198 g/mol. The van der Waals surface area contributed by atoms with Gasteiger partial charge in [-0.1, -0.05) is 6.42 Å². The van der Waals surface area contributed by atoms with Crippen molar-refractivity contribution in [2.75, 3.05) is 18.0 Å². The second kappa shape index (κ2) is 3.72. The maximum absolute atomic E-state index is 4.56. The number of hydrogen-bond acceptors (Lipinski definition) is 3. The third-order valence-corrected chi connectivity index (χ3v) is 3.98. The van der Waals surface area contributed by atoms with E-state index in [0.29, 0.717) is 0 Å². The average Bonchev–Trinajstić information content (AvgIpc) is 2.74. The molecule has 1 saturated carbocycles. The van der Waals surface area contributed by atoms with Crippen molar-refractivity contribution in [3.05, 3.63) is 17.5 Å². The summed E-state index contributed by atoms with van der Waals surface area (Å²) in [6.07, 6.45) is 4.24. The summed E-state index contributed by atoms with van der Waals surface area (Å²) < 4.78 is 0. The van der Waals surface area contributed by atoms with Crippen LogP contribution in [0.2, 0.25) is 0 Å². The van der Waals surface area contributed by atoms with Crippen LogP contribution in [0.5, 0.6) is 0 Å². The second-order valence-corrected chi connectivity index (χ2v) is 5.31. The Kier molecular flexibility index (Phi) is 2.34. The zero-order valence-electron chi connectivity index (χ0n) is 10.1. The Labute approximate surface area is 96.9 Å². The Hall–Kier alpha value is -1.12. The number of hydrogen-bond donors (Lipinski definition) is 0. The fraction of sp³-hybridized carbons (Fsp3) is 0.692. The third kappa shape index (κ3) is 1.68. The smallest absolute Gasteiger partial charge is 0.225 e. The monoisotopic (exact) mass is 217 g/mol. The highest BCUT2D eigenvalue weighted by Crippen LogP contribution is 2.38. The minimum atomic E-state index is 0.907. The molecule has 2 atom stereocenters. The predicted octanol–water partition coefficient (Wildman–Crippen LogP) is 2.33. The van der Waals surface area contributed by atoms with Crippen LogP contribution in [-0.2, 0) is 0 Å². The number of aromatic nitrogens is 2. The van der Waals surface area contributed by atoms with Crippen LogP contribution >= 0.6 is 0 Å². The van der Waals surface area contributed by atoms with Crippen molar-refractivity contribution in [3.63, 3.8) is 0 Å². The molecule has 3 nitrogen and oxygen atoms in total. The van der Waals surface area contributed by atoms with Crippen molar-refractivity contribution in [2.24, 2.45) is 11.8 Å². The molecule has 0 N–H and O–H groups in total. The van der Waals surface area contributed by atoms with E-state index in [2.05, 4.69) is 28.7 Å². The van der Waals surface area contributed by atoms with Crippen molar-refractivity contribution in [1.82, 2.24) is 9.97 Å². The lowest BCUT2D eigenvalue weighted by Crippen LogP contribution is -2.23. The molecule has 1 aliphatic carbocycles. The first kappa shape index (κ1) is 10.1. The molecule has 0 spiro atoms. The quantitative estimate of drug-likeness (QED) is 0.723. The first-order valence-electron chi connectivity index (χ1n) is 6.29. The summed E-state index contributed by atoms with van der Waals surface area (Å²) in [4.78, 5) is 11.5. The highest BCUT2D eigenvalue weighted by molar-refractivity contribution is 5.34. The molecule has 0 amide bonds. The number of nitrogens with zero attached hydrogens (tertiary/aromatic N) is 3. The van der Waals surface area contributed by atoms with E-state index >= 15 is 0 Å². The molecule has 2 aliphatic rings. The predicted molar refractivity (Wildman–Crippen MR) is 64.6 cm³/mol. The van der Waals surface area contributed by atoms with Crippen molar-refractivity contribution >= 4 is 5.95 Å². The molecule has 1 aromatic heterocycles. The summed E-state index contributed by atoms with van der Waals surface area (Å²) in [6.45, 7) is 6.45. The fourth-order valence-electron chi connectivity index (χ4n) is 3.25. The van der Waals surface area contributed by atoms with Crippen LogP contribution < -0.4 is 4.90 Å². The van der Waals surface area contributed by atoms with Gasteiger partial charge in [-0.25, -0.2) is 9.97 Å². The Morgan fingerprint density at radius 2 is 1.62 bits per heavy atom. The zero-order valence-corrected chi connectivity index (χ0v) is 10.1. The molecule has 2 fully saturated rings. The summed E-state index contributed by atoms with van der Waals surface area (Å²) in [5.74, 6) is 2.76. The van der Waals surface area contributed by atoms with Crippen LogP contribution in [0.25, 0.3) is 0 Å². The molecule has 1 aromatic rings. The molecule has 86 valence electrons. The standard InChI is InChI=1S/C13H19N3/c1-9-6-10(2)15-13(14-9)16-7-11-4-3-5-12(11)8-16/h6,11-12H,3-5,7-8H2,1-2H3. The largest absolute Gasteiger partial charge is 0.340 e. The lowest BCUT2D eigenvalue weighted by atomic mass is 10.0. The van der Waals surface area contributed by atoms with E-state index in [1.807, 2.05) is 6.07 Å². The molecule has 3 heteroatoms. The Morgan fingerprint density at radius 1 is 1.06 bits per heavy atom. The Bertz CT molecular complexity index is 370. The fourth-order valence-corrected chi connectivity index (χ4v) is 3.25. The highest BCUT2D eigenvalue weighted by atomic mass is 15.3. The van der Waals surface area contributed by atoms with E-state index in [9.17, 15) is 0 Å². The van der Waals surface area contributed by atoms with Crippen LogP contribution in [0.1, 0.15) is 30.7 Å². The van der Waals surface area contributed by atoms with Crippen molar-refractivity contribution < 1.29 is 0 Å². The molecule has 2 unspecified atom stereocenters. The molecule has 2 heterocycles. The van der Waals surface area contributed by atoms with Crippen LogP contribution in [0.15, 0.2) is 6.07 Å². The van der Waals surface area contributed by atoms with Crippen LogP contribution in [-0.4, -0.2) is 23.1 Å². The van der Waals surface area contributed by atoms with E-state index in [4.69, 9.17) is 0 Å². The molecule has 16 heavy (non-hydrogen) atoms. The Morgan fingerprint density at radius 3 is 2.19 bits per heavy atom. The van der Waals surface area contributed by atoms with Crippen molar-refractivity contribution in [3.8, 4) is 0 Å². The van der Waals surface area contributed by atoms with Gasteiger partial charge in [-0.2, -0.15) is 0 Å². The summed E-state index contributed by atoms with van der Waals surface area (Å²) in [5, 5.41) is 0. The third-order valence-electron chi connectivity index (χ3n) is 3.98. The van der Waals surface area contributed by atoms with Gasteiger partial charge in [0.05, 0.1) is 0 Å². The number of aryl methyl sites for hydroxylation is 2. The van der Waals surface area contributed by atoms with E-state index in [1.165, 1.54) is 32.4 Å². The molecular formula is C13H19N3. The minimum Gasteiger partial charge on any atom is -0.340 e. The highest BCUT2D eigenvalue weighted by Gasteiger charge is 2.36. The maximum Gasteiger partial charge on any atom is 0.225 e. The second-order valence-electron chi connectivity index (χ2n) is 5.31. The first-order chi connectivity index (χ1) is 7.72. The number of fused-ring (bicyclic) bond motifs is 1. The van der Waals surface area contributed by atoms with Crippen molar-refractivity contribution in [1.29, 1.82) is 0 Å². The molecule has 0 radical (unpaired) electrons. The van der Waals surface area contributed by atoms with Gasteiger partial charge in [0.15, 0.2) is 0 Å².